The molecule has 0 N–H and O–H groups in total. The maximum Gasteiger partial charge on any atom is 0.163 e. The zero-order chi connectivity index (χ0) is 23.4. The highest BCUT2D eigenvalue weighted by Crippen LogP contribution is 2.40. The molecule has 7 nitrogen and oxygen atoms in total. The number of hydrogen-bond donors (Lipinski definition) is 0. The predicted octanol–water partition coefficient (Wildman–Crippen LogP) is 5.01. The molecule has 0 unspecified atom stereocenters. The van der Waals surface area contributed by atoms with E-state index in [9.17, 15) is 4.79 Å². The molecule has 33 heavy (non-hydrogen) atoms. The third-order valence-corrected chi connectivity index (χ3v) is 5.78. The lowest BCUT2D eigenvalue weighted by Crippen LogP contribution is -2.29. The SMILES string of the molecule is C.COc1cc2c(cc1C(C)=O)N(C)CCO2.COc1cc2c(cc1C(C)C)N(C)CCO2. The van der Waals surface area contributed by atoms with E-state index in [1.165, 1.54) is 12.5 Å². The molecule has 4 rings (SSSR count). The predicted molar refractivity (Wildman–Crippen MR) is 134 cm³/mol. The molecule has 0 saturated heterocycles. The Bertz CT molecular complexity index is 962. The number of likely N-dealkylation sites (N-methyl/N-ethyl adjacent to an activating group) is 2. The number of nitrogens with zero attached hydrogens (tertiary/aromatic N) is 2. The Hall–Kier alpha value is -3.09. The minimum absolute atomic E-state index is 0. The fourth-order valence-corrected chi connectivity index (χ4v) is 3.84. The Labute approximate surface area is 198 Å². The van der Waals surface area contributed by atoms with Gasteiger partial charge in [-0.2, -0.15) is 0 Å². The Morgan fingerprint density at radius 1 is 0.879 bits per heavy atom. The standard InChI is InChI=1S/C13H19NO2.C12H15NO3.CH4/c1-9(2)10-7-11-13(8-12(10)15-4)16-6-5-14(11)3;1-8(14)9-6-10-12(7-11(9)15-3)16-5-4-13(10)2;/h7-9H,5-6H2,1-4H3;6-7H,4-5H2,1-3H3;1H4. The van der Waals surface area contributed by atoms with E-state index in [2.05, 4.69) is 36.8 Å². The second kappa shape index (κ2) is 11.2. The van der Waals surface area contributed by atoms with Crippen molar-refractivity contribution in [1.29, 1.82) is 0 Å². The number of carbonyl (C=O) groups is 1. The molecule has 0 saturated carbocycles. The quantitative estimate of drug-likeness (QED) is 0.597. The van der Waals surface area contributed by atoms with Crippen LogP contribution >= 0.6 is 0 Å². The summed E-state index contributed by atoms with van der Waals surface area (Å²) in [6.07, 6.45) is 0. The lowest BCUT2D eigenvalue weighted by atomic mass is 10.0. The maximum absolute atomic E-state index is 11.5. The molecule has 2 aromatic rings. The van der Waals surface area contributed by atoms with Crippen LogP contribution in [0.1, 0.15) is 50.0 Å². The van der Waals surface area contributed by atoms with Crippen molar-refractivity contribution >= 4 is 17.2 Å². The first kappa shape index (κ1) is 26.2. The van der Waals surface area contributed by atoms with Crippen LogP contribution in [0.2, 0.25) is 0 Å². The monoisotopic (exact) mass is 458 g/mol. The molecule has 2 aliphatic heterocycles. The molecule has 0 aliphatic carbocycles. The highest BCUT2D eigenvalue weighted by atomic mass is 16.5. The number of methoxy groups -OCH3 is 2. The third kappa shape index (κ3) is 5.64. The summed E-state index contributed by atoms with van der Waals surface area (Å²) in [7, 11) is 7.34. The first-order chi connectivity index (χ1) is 15.3. The summed E-state index contributed by atoms with van der Waals surface area (Å²) in [5.74, 6) is 3.64. The van der Waals surface area contributed by atoms with Crippen molar-refractivity contribution < 1.29 is 23.7 Å². The van der Waals surface area contributed by atoms with E-state index in [0.717, 1.165) is 48.3 Å². The minimum atomic E-state index is -0.00127. The molecule has 7 heteroatoms. The van der Waals surface area contributed by atoms with Gasteiger partial charge in [0.05, 0.1) is 44.2 Å². The molecule has 0 atom stereocenters. The van der Waals surface area contributed by atoms with Gasteiger partial charge in [-0.1, -0.05) is 21.3 Å². The van der Waals surface area contributed by atoms with Crippen LogP contribution < -0.4 is 28.7 Å². The van der Waals surface area contributed by atoms with Crippen molar-refractivity contribution in [2.75, 3.05) is 64.4 Å². The van der Waals surface area contributed by atoms with Gasteiger partial charge in [-0.25, -0.2) is 0 Å². The smallest absolute Gasteiger partial charge is 0.163 e. The van der Waals surface area contributed by atoms with Crippen molar-refractivity contribution in [3.63, 3.8) is 0 Å². The van der Waals surface area contributed by atoms with Crippen molar-refractivity contribution in [1.82, 2.24) is 0 Å². The van der Waals surface area contributed by atoms with E-state index in [1.807, 2.05) is 19.2 Å². The van der Waals surface area contributed by atoms with Gasteiger partial charge < -0.3 is 28.7 Å². The van der Waals surface area contributed by atoms with E-state index < -0.39 is 0 Å². The van der Waals surface area contributed by atoms with Crippen molar-refractivity contribution in [2.45, 2.75) is 34.1 Å². The summed E-state index contributed by atoms with van der Waals surface area (Å²) in [4.78, 5) is 15.8. The van der Waals surface area contributed by atoms with E-state index in [-0.39, 0.29) is 13.2 Å². The number of fused-ring (bicyclic) bond motifs is 2. The largest absolute Gasteiger partial charge is 0.496 e. The number of benzene rings is 2. The van der Waals surface area contributed by atoms with E-state index in [4.69, 9.17) is 18.9 Å². The Balaban J connectivity index is 0.000000227. The summed E-state index contributed by atoms with van der Waals surface area (Å²) in [6.45, 7) is 9.06. The molecule has 182 valence electrons. The van der Waals surface area contributed by atoms with E-state index in [1.54, 1.807) is 20.3 Å². The fourth-order valence-electron chi connectivity index (χ4n) is 3.84. The summed E-state index contributed by atoms with van der Waals surface area (Å²) in [5.41, 5.74) is 3.94. The first-order valence-electron chi connectivity index (χ1n) is 10.9. The second-order valence-corrected chi connectivity index (χ2v) is 8.33. The normalized spacial score (nSPS) is 13.9. The Morgan fingerprint density at radius 2 is 1.36 bits per heavy atom. The number of ketones is 1. The first-order valence-corrected chi connectivity index (χ1v) is 10.9. The van der Waals surface area contributed by atoms with Gasteiger partial charge >= 0.3 is 0 Å². The van der Waals surface area contributed by atoms with Crippen LogP contribution in [0.5, 0.6) is 23.0 Å². The molecule has 2 aromatic carbocycles. The molecule has 2 heterocycles. The van der Waals surface area contributed by atoms with Crippen LogP contribution in [-0.2, 0) is 0 Å². The second-order valence-electron chi connectivity index (χ2n) is 8.33. The number of carbonyl (C=O) groups excluding carboxylic acids is 1. The number of Topliss-reactive ketones (excluding diaryl/α,β-unsaturated/α-hetero) is 1. The molecule has 0 aromatic heterocycles. The fraction of sp³-hybridized carbons (Fsp3) is 0.500. The summed E-state index contributed by atoms with van der Waals surface area (Å²) >= 11 is 0. The highest BCUT2D eigenvalue weighted by Gasteiger charge is 2.21. The van der Waals surface area contributed by atoms with Gasteiger partial charge in [0.2, 0.25) is 0 Å². The van der Waals surface area contributed by atoms with E-state index in [0.29, 0.717) is 23.8 Å². The van der Waals surface area contributed by atoms with E-state index >= 15 is 0 Å². The molecule has 0 amide bonds. The molecule has 2 aliphatic rings. The van der Waals surface area contributed by atoms with Gasteiger partial charge in [0.15, 0.2) is 5.78 Å². The van der Waals surface area contributed by atoms with Crippen LogP contribution in [0.3, 0.4) is 0 Å². The summed E-state index contributed by atoms with van der Waals surface area (Å²) in [6, 6.07) is 7.79. The zero-order valence-electron chi connectivity index (χ0n) is 20.2. The third-order valence-electron chi connectivity index (χ3n) is 5.78. The van der Waals surface area contributed by atoms with Gasteiger partial charge in [0.1, 0.15) is 36.2 Å². The molecular formula is C26H38N2O5. The van der Waals surface area contributed by atoms with Crippen LogP contribution in [0.4, 0.5) is 11.4 Å². The molecule has 0 fully saturated rings. The van der Waals surface area contributed by atoms with Crippen molar-refractivity contribution in [3.8, 4) is 23.0 Å². The molecular weight excluding hydrogens is 420 g/mol. The molecule has 0 spiro atoms. The van der Waals surface area contributed by atoms with Crippen LogP contribution in [0.25, 0.3) is 0 Å². The van der Waals surface area contributed by atoms with Crippen LogP contribution in [0, 0.1) is 0 Å². The number of hydrogen-bond acceptors (Lipinski definition) is 7. The number of anilines is 2. The number of rotatable bonds is 4. The average Bonchev–Trinajstić information content (AvgIpc) is 2.78. The highest BCUT2D eigenvalue weighted by molar-refractivity contribution is 5.98. The van der Waals surface area contributed by atoms with Gasteiger partial charge in [0, 0.05) is 26.2 Å². The van der Waals surface area contributed by atoms with Crippen molar-refractivity contribution in [2.24, 2.45) is 0 Å². The van der Waals surface area contributed by atoms with Gasteiger partial charge in [-0.3, -0.25) is 4.79 Å². The average molecular weight is 459 g/mol. The maximum atomic E-state index is 11.5. The van der Waals surface area contributed by atoms with Crippen LogP contribution in [0.15, 0.2) is 24.3 Å². The lowest BCUT2D eigenvalue weighted by molar-refractivity contribution is 0.101. The zero-order valence-corrected chi connectivity index (χ0v) is 20.2. The Kier molecular flexibility index (Phi) is 8.85. The van der Waals surface area contributed by atoms with Gasteiger partial charge in [-0.15, -0.1) is 0 Å². The summed E-state index contributed by atoms with van der Waals surface area (Å²) in [5, 5.41) is 0. The van der Waals surface area contributed by atoms with Crippen LogP contribution in [-0.4, -0.2) is 60.4 Å². The lowest BCUT2D eigenvalue weighted by Gasteiger charge is -2.29. The minimum Gasteiger partial charge on any atom is -0.496 e. The van der Waals surface area contributed by atoms with Gasteiger partial charge in [0.25, 0.3) is 0 Å². The number of ether oxygens (including phenoxy) is 4. The molecule has 0 bridgehead atoms. The Morgan fingerprint density at radius 3 is 1.82 bits per heavy atom. The van der Waals surface area contributed by atoms with Gasteiger partial charge in [-0.05, 0) is 30.5 Å². The summed E-state index contributed by atoms with van der Waals surface area (Å²) < 4.78 is 21.8. The topological polar surface area (TPSA) is 60.5 Å². The molecule has 0 radical (unpaired) electrons. The van der Waals surface area contributed by atoms with Crippen molar-refractivity contribution in [3.05, 3.63) is 35.4 Å².